The lowest BCUT2D eigenvalue weighted by molar-refractivity contribution is -0.139. The van der Waals surface area contributed by atoms with Crippen molar-refractivity contribution >= 4 is 34.7 Å². The van der Waals surface area contributed by atoms with E-state index in [4.69, 9.17) is 15.6 Å². The van der Waals surface area contributed by atoms with Crippen molar-refractivity contribution in [2.75, 3.05) is 24.6 Å². The average Bonchev–Trinajstić information content (AvgIpc) is 3.34. The van der Waals surface area contributed by atoms with E-state index in [1.165, 1.54) is 29.0 Å². The van der Waals surface area contributed by atoms with Crippen LogP contribution in [0.2, 0.25) is 0 Å². The molecule has 2 aromatic rings. The molecule has 4 heterocycles. The summed E-state index contributed by atoms with van der Waals surface area (Å²) in [4.78, 5) is 23.1. The van der Waals surface area contributed by atoms with Gasteiger partial charge in [-0.25, -0.2) is 15.0 Å². The summed E-state index contributed by atoms with van der Waals surface area (Å²) in [5.41, 5.74) is 4.70. The van der Waals surface area contributed by atoms with Crippen LogP contribution < -0.4 is 11.1 Å². The van der Waals surface area contributed by atoms with Gasteiger partial charge < -0.3 is 31.1 Å². The summed E-state index contributed by atoms with van der Waals surface area (Å²) in [6, 6.07) is -0.545. The lowest BCUT2D eigenvalue weighted by Gasteiger charge is -2.28. The van der Waals surface area contributed by atoms with Crippen molar-refractivity contribution < 1.29 is 24.9 Å². The van der Waals surface area contributed by atoms with Gasteiger partial charge in [0.05, 0.1) is 19.0 Å². The molecule has 4 rings (SSSR count). The van der Waals surface area contributed by atoms with Gasteiger partial charge in [0.15, 0.2) is 17.2 Å². The molecule has 0 aromatic carbocycles. The Kier molecular flexibility index (Phi) is 4.68. The number of carbonyl (C=O) groups is 1. The van der Waals surface area contributed by atoms with Crippen molar-refractivity contribution in [2.45, 2.75) is 35.6 Å². The highest BCUT2D eigenvalue weighted by molar-refractivity contribution is 8.00. The number of hydrogen-bond acceptors (Lipinski definition) is 10. The van der Waals surface area contributed by atoms with Gasteiger partial charge in [0.25, 0.3) is 0 Å². The summed E-state index contributed by atoms with van der Waals surface area (Å²) in [5, 5.41) is 33.8. The number of aliphatic carboxylic acids is 1. The first-order valence-electron chi connectivity index (χ1n) is 8.44. The van der Waals surface area contributed by atoms with Gasteiger partial charge in [0, 0.05) is 17.5 Å². The topological polar surface area (TPSA) is 169 Å². The monoisotopic (exact) mass is 396 g/mol. The number of anilines is 1. The molecular formula is C15H20N6O5S. The van der Waals surface area contributed by atoms with Crippen LogP contribution in [-0.4, -0.2) is 83.2 Å². The number of imidazole rings is 1. The Bertz CT molecular complexity index is 864. The molecule has 27 heavy (non-hydrogen) atoms. The summed E-state index contributed by atoms with van der Waals surface area (Å²) < 4.78 is 6.99. The highest BCUT2D eigenvalue weighted by Gasteiger charge is 2.50. The van der Waals surface area contributed by atoms with Crippen molar-refractivity contribution in [2.24, 2.45) is 0 Å². The fraction of sp³-hybridized carbons (Fsp3) is 0.600. The smallest absolute Gasteiger partial charge is 0.320 e. The number of carboxylic acids is 1. The Morgan fingerprint density at radius 2 is 2.30 bits per heavy atom. The van der Waals surface area contributed by atoms with Crippen LogP contribution in [0, 0.1) is 0 Å². The van der Waals surface area contributed by atoms with Gasteiger partial charge in [-0.2, -0.15) is 11.8 Å². The largest absolute Gasteiger partial charge is 0.480 e. The van der Waals surface area contributed by atoms with Crippen molar-refractivity contribution in [3.8, 4) is 0 Å². The van der Waals surface area contributed by atoms with E-state index in [0.717, 1.165) is 0 Å². The zero-order chi connectivity index (χ0) is 19.2. The third-order valence-corrected chi connectivity index (χ3v) is 6.35. The van der Waals surface area contributed by atoms with Crippen LogP contribution >= 0.6 is 11.8 Å². The number of nitrogens with two attached hydrogens (primary N) is 1. The molecule has 6 N–H and O–H groups in total. The summed E-state index contributed by atoms with van der Waals surface area (Å²) in [6.07, 6.45) is 1.32. The number of nitrogens with one attached hydrogen (secondary N) is 1. The molecule has 0 saturated carbocycles. The maximum atomic E-state index is 11.0. The summed E-state index contributed by atoms with van der Waals surface area (Å²) in [6.45, 7) is 0.451. The number of aliphatic hydroxyl groups excluding tert-OH is 1. The van der Waals surface area contributed by atoms with Gasteiger partial charge in [-0.05, 0) is 6.42 Å². The van der Waals surface area contributed by atoms with Crippen LogP contribution in [0.4, 0.5) is 5.82 Å². The number of hydrogen-bond donors (Lipinski definition) is 5. The summed E-state index contributed by atoms with van der Waals surface area (Å²) in [7, 11) is 0. The molecule has 2 aliphatic rings. The van der Waals surface area contributed by atoms with E-state index in [-0.39, 0.29) is 17.7 Å². The number of aromatic nitrogens is 4. The SMILES string of the molecule is Nc1ncnc2c1ncn2C1(O)COC(CSC2CNC(C(=O)O)C2)C1O. The second-order valence-corrected chi connectivity index (χ2v) is 8.04. The van der Waals surface area contributed by atoms with Gasteiger partial charge in [0.1, 0.15) is 24.0 Å². The number of fused-ring (bicyclic) bond motifs is 1. The second-order valence-electron chi connectivity index (χ2n) is 6.71. The van der Waals surface area contributed by atoms with Crippen LogP contribution in [0.15, 0.2) is 12.7 Å². The molecule has 2 aliphatic heterocycles. The van der Waals surface area contributed by atoms with Gasteiger partial charge in [0.2, 0.25) is 0 Å². The van der Waals surface area contributed by atoms with Crippen molar-refractivity contribution in [3.05, 3.63) is 12.7 Å². The molecule has 2 fully saturated rings. The summed E-state index contributed by atoms with van der Waals surface area (Å²) in [5.74, 6) is -0.256. The van der Waals surface area contributed by atoms with E-state index < -0.39 is 29.9 Å². The van der Waals surface area contributed by atoms with Crippen LogP contribution in [-0.2, 0) is 15.3 Å². The predicted molar refractivity (Wildman–Crippen MR) is 96.0 cm³/mol. The maximum Gasteiger partial charge on any atom is 0.320 e. The molecule has 0 bridgehead atoms. The van der Waals surface area contributed by atoms with E-state index in [1.807, 2.05) is 0 Å². The minimum Gasteiger partial charge on any atom is -0.480 e. The second kappa shape index (κ2) is 6.87. The number of carboxylic acid groups (broad SMARTS) is 1. The standard InChI is InChI=1S/C15H20N6O5S/c16-12-10-13(19-5-18-12)21(6-20-10)15(25)4-26-9(11(15)22)3-27-7-1-8(14(23)24)17-2-7/h5-9,11,17,22,25H,1-4H2,(H,23,24)(H2,16,18,19). The number of nitrogen functional groups attached to an aromatic ring is 1. The van der Waals surface area contributed by atoms with Gasteiger partial charge >= 0.3 is 5.97 Å². The first kappa shape index (κ1) is 18.4. The molecule has 0 amide bonds. The van der Waals surface area contributed by atoms with Crippen molar-refractivity contribution in [1.82, 2.24) is 24.8 Å². The first-order valence-corrected chi connectivity index (χ1v) is 9.49. The number of thioether (sulfide) groups is 1. The number of aliphatic hydroxyl groups is 2. The quantitative estimate of drug-likeness (QED) is 0.393. The third kappa shape index (κ3) is 3.12. The molecule has 0 spiro atoms. The Morgan fingerprint density at radius 3 is 3.04 bits per heavy atom. The van der Waals surface area contributed by atoms with Gasteiger partial charge in [-0.15, -0.1) is 0 Å². The van der Waals surface area contributed by atoms with Crippen LogP contribution in [0.25, 0.3) is 11.2 Å². The Morgan fingerprint density at radius 1 is 1.48 bits per heavy atom. The van der Waals surface area contributed by atoms with Crippen LogP contribution in [0.5, 0.6) is 0 Å². The number of rotatable bonds is 5. The van der Waals surface area contributed by atoms with Crippen LogP contribution in [0.3, 0.4) is 0 Å². The first-order chi connectivity index (χ1) is 12.9. The van der Waals surface area contributed by atoms with Crippen molar-refractivity contribution in [3.63, 3.8) is 0 Å². The Hall–Kier alpha value is -1.99. The molecule has 2 saturated heterocycles. The number of nitrogens with zero attached hydrogens (tertiary/aromatic N) is 4. The fourth-order valence-electron chi connectivity index (χ4n) is 3.44. The Labute approximate surface area is 157 Å². The van der Waals surface area contributed by atoms with Crippen LogP contribution in [0.1, 0.15) is 6.42 Å². The highest BCUT2D eigenvalue weighted by atomic mass is 32.2. The maximum absolute atomic E-state index is 11.0. The molecular weight excluding hydrogens is 376 g/mol. The molecule has 11 nitrogen and oxygen atoms in total. The van der Waals surface area contributed by atoms with E-state index in [9.17, 15) is 15.0 Å². The zero-order valence-corrected chi connectivity index (χ0v) is 15.0. The molecule has 12 heteroatoms. The fourth-order valence-corrected chi connectivity index (χ4v) is 4.72. The normalized spacial score (nSPS) is 33.7. The Balaban J connectivity index is 1.45. The van der Waals surface area contributed by atoms with Crippen molar-refractivity contribution in [1.29, 1.82) is 0 Å². The van der Waals surface area contributed by atoms with E-state index in [1.54, 1.807) is 0 Å². The predicted octanol–water partition coefficient (Wildman–Crippen LogP) is -1.64. The van der Waals surface area contributed by atoms with Gasteiger partial charge in [-0.1, -0.05) is 0 Å². The minimum absolute atomic E-state index is 0.109. The lowest BCUT2D eigenvalue weighted by atomic mass is 10.1. The minimum atomic E-state index is -1.72. The zero-order valence-electron chi connectivity index (χ0n) is 14.2. The van der Waals surface area contributed by atoms with E-state index >= 15 is 0 Å². The molecule has 0 aliphatic carbocycles. The lowest BCUT2D eigenvalue weighted by Crippen LogP contribution is -2.46. The summed E-state index contributed by atoms with van der Waals surface area (Å²) >= 11 is 1.52. The highest BCUT2D eigenvalue weighted by Crippen LogP contribution is 2.35. The molecule has 146 valence electrons. The van der Waals surface area contributed by atoms with E-state index in [0.29, 0.717) is 29.9 Å². The molecule has 2 aromatic heterocycles. The molecule has 5 unspecified atom stereocenters. The number of ether oxygens (including phenoxy) is 1. The average molecular weight is 396 g/mol. The molecule has 0 radical (unpaired) electrons. The third-order valence-electron chi connectivity index (χ3n) is 5.00. The van der Waals surface area contributed by atoms with E-state index in [2.05, 4.69) is 20.3 Å². The molecule has 5 atom stereocenters. The van der Waals surface area contributed by atoms with Gasteiger partial charge in [-0.3, -0.25) is 9.36 Å².